The molecule has 7 nitrogen and oxygen atoms in total. The zero-order chi connectivity index (χ0) is 16.9. The van der Waals surface area contributed by atoms with Crippen LogP contribution in [0.25, 0.3) is 0 Å². The molecule has 0 fully saturated rings. The summed E-state index contributed by atoms with van der Waals surface area (Å²) in [5.74, 6) is 1.06. The fraction of sp³-hybridized carbons (Fsp3) is 0.533. The normalized spacial score (nSPS) is 13.5. The summed E-state index contributed by atoms with van der Waals surface area (Å²) in [6.45, 7) is 3.56. The van der Waals surface area contributed by atoms with E-state index in [0.29, 0.717) is 43.4 Å². The first-order valence-corrected chi connectivity index (χ1v) is 9.40. The van der Waals surface area contributed by atoms with Crippen molar-refractivity contribution in [1.29, 1.82) is 0 Å². The van der Waals surface area contributed by atoms with Crippen LogP contribution < -0.4 is 19.1 Å². The monoisotopic (exact) mass is 342 g/mol. The first-order chi connectivity index (χ1) is 10.9. The van der Waals surface area contributed by atoms with Gasteiger partial charge in [0.15, 0.2) is 11.5 Å². The molecule has 0 saturated heterocycles. The summed E-state index contributed by atoms with van der Waals surface area (Å²) in [5.41, 5.74) is 0.507. The minimum absolute atomic E-state index is 0.0804. The van der Waals surface area contributed by atoms with E-state index >= 15 is 0 Å². The number of hydrogen-bond acceptors (Lipinski definition) is 5. The van der Waals surface area contributed by atoms with E-state index in [1.165, 1.54) is 4.31 Å². The molecule has 0 radical (unpaired) electrons. The summed E-state index contributed by atoms with van der Waals surface area (Å²) in [7, 11) is -3.45. The molecule has 1 aromatic carbocycles. The Morgan fingerprint density at radius 1 is 1.26 bits per heavy atom. The number of carbonyl (C=O) groups excluding carboxylic acids is 1. The Kier molecular flexibility index (Phi) is 5.70. The number of sulfonamides is 1. The molecule has 128 valence electrons. The standard InChI is InChI=1S/C15H22N2O5S/c1-3-16-15(18)5-4-8-17(23(2,19)20)12-6-7-13-14(11-12)22-10-9-21-13/h6-7,11H,3-5,8-10H2,1-2H3,(H,16,18). The van der Waals surface area contributed by atoms with E-state index < -0.39 is 10.0 Å². The van der Waals surface area contributed by atoms with Crippen molar-refractivity contribution < 1.29 is 22.7 Å². The predicted octanol–water partition coefficient (Wildman–Crippen LogP) is 1.14. The van der Waals surface area contributed by atoms with Crippen LogP contribution in [0.15, 0.2) is 18.2 Å². The van der Waals surface area contributed by atoms with Crippen LogP contribution in [0.3, 0.4) is 0 Å². The lowest BCUT2D eigenvalue weighted by molar-refractivity contribution is -0.121. The second kappa shape index (κ2) is 7.54. The number of fused-ring (bicyclic) bond motifs is 1. The highest BCUT2D eigenvalue weighted by Crippen LogP contribution is 2.34. The zero-order valence-electron chi connectivity index (χ0n) is 13.4. The second-order valence-corrected chi connectivity index (χ2v) is 7.13. The van der Waals surface area contributed by atoms with Crippen LogP contribution in [-0.4, -0.2) is 46.9 Å². The van der Waals surface area contributed by atoms with Crippen LogP contribution in [0, 0.1) is 0 Å². The fourth-order valence-electron chi connectivity index (χ4n) is 2.34. The van der Waals surface area contributed by atoms with Crippen LogP contribution in [0.5, 0.6) is 11.5 Å². The van der Waals surface area contributed by atoms with E-state index in [9.17, 15) is 13.2 Å². The molecule has 0 saturated carbocycles. The molecule has 8 heteroatoms. The molecule has 0 aliphatic carbocycles. The third-order valence-corrected chi connectivity index (χ3v) is 4.55. The predicted molar refractivity (Wildman–Crippen MR) is 87.5 cm³/mol. The Balaban J connectivity index is 2.11. The fourth-order valence-corrected chi connectivity index (χ4v) is 3.30. The van der Waals surface area contributed by atoms with Gasteiger partial charge in [-0.2, -0.15) is 0 Å². The highest BCUT2D eigenvalue weighted by Gasteiger charge is 2.20. The lowest BCUT2D eigenvalue weighted by atomic mass is 10.2. The maximum Gasteiger partial charge on any atom is 0.232 e. The molecule has 1 N–H and O–H groups in total. The minimum atomic E-state index is -3.45. The summed E-state index contributed by atoms with van der Waals surface area (Å²) < 4.78 is 36.3. The van der Waals surface area contributed by atoms with Gasteiger partial charge in [0.1, 0.15) is 13.2 Å². The van der Waals surface area contributed by atoms with Gasteiger partial charge in [0.2, 0.25) is 15.9 Å². The number of nitrogens with zero attached hydrogens (tertiary/aromatic N) is 1. The van der Waals surface area contributed by atoms with Crippen molar-refractivity contribution >= 4 is 21.6 Å². The van der Waals surface area contributed by atoms with Crippen molar-refractivity contribution in [3.05, 3.63) is 18.2 Å². The molecule has 0 unspecified atom stereocenters. The van der Waals surface area contributed by atoms with Crippen molar-refractivity contribution in [3.8, 4) is 11.5 Å². The van der Waals surface area contributed by atoms with Gasteiger partial charge in [-0.1, -0.05) is 0 Å². The largest absolute Gasteiger partial charge is 0.486 e. The van der Waals surface area contributed by atoms with Crippen LogP contribution in [0.1, 0.15) is 19.8 Å². The van der Waals surface area contributed by atoms with Crippen molar-refractivity contribution in [3.63, 3.8) is 0 Å². The maximum absolute atomic E-state index is 12.1. The molecule has 1 aliphatic heterocycles. The number of anilines is 1. The van der Waals surface area contributed by atoms with E-state index in [0.717, 1.165) is 6.26 Å². The van der Waals surface area contributed by atoms with E-state index in [1.807, 2.05) is 6.92 Å². The van der Waals surface area contributed by atoms with E-state index in [4.69, 9.17) is 9.47 Å². The quantitative estimate of drug-likeness (QED) is 0.803. The number of benzene rings is 1. The summed E-state index contributed by atoms with van der Waals surface area (Å²) in [5, 5.41) is 2.70. The highest BCUT2D eigenvalue weighted by atomic mass is 32.2. The molecule has 0 atom stereocenters. The van der Waals surface area contributed by atoms with Gasteiger partial charge in [0, 0.05) is 25.6 Å². The van der Waals surface area contributed by atoms with Crippen LogP contribution in [0.2, 0.25) is 0 Å². The first-order valence-electron chi connectivity index (χ1n) is 7.56. The van der Waals surface area contributed by atoms with Crippen molar-refractivity contribution in [2.45, 2.75) is 19.8 Å². The molecule has 1 aliphatic rings. The Hall–Kier alpha value is -1.96. The van der Waals surface area contributed by atoms with Crippen LogP contribution in [-0.2, 0) is 14.8 Å². The molecule has 0 aromatic heterocycles. The molecule has 0 spiro atoms. The molecule has 1 aromatic rings. The summed E-state index contributed by atoms with van der Waals surface area (Å²) in [6.07, 6.45) is 1.87. The molecule has 2 rings (SSSR count). The third kappa shape index (κ3) is 4.75. The average Bonchev–Trinajstić information content (AvgIpc) is 2.50. The number of amides is 1. The lowest BCUT2D eigenvalue weighted by Crippen LogP contribution is -2.32. The smallest absolute Gasteiger partial charge is 0.232 e. The third-order valence-electron chi connectivity index (χ3n) is 3.35. The number of rotatable bonds is 7. The van der Waals surface area contributed by atoms with Gasteiger partial charge in [0.25, 0.3) is 0 Å². The van der Waals surface area contributed by atoms with Crippen LogP contribution >= 0.6 is 0 Å². The molecule has 1 heterocycles. The molecular formula is C15H22N2O5S. The summed E-state index contributed by atoms with van der Waals surface area (Å²) in [6, 6.07) is 5.04. The number of hydrogen-bond donors (Lipinski definition) is 1. The summed E-state index contributed by atoms with van der Waals surface area (Å²) >= 11 is 0. The maximum atomic E-state index is 12.1. The number of ether oxygens (including phenoxy) is 2. The van der Waals surface area contributed by atoms with Crippen molar-refractivity contribution in [2.75, 3.05) is 36.9 Å². The van der Waals surface area contributed by atoms with Gasteiger partial charge >= 0.3 is 0 Å². The molecule has 0 bridgehead atoms. The van der Waals surface area contributed by atoms with Crippen molar-refractivity contribution in [2.24, 2.45) is 0 Å². The molecular weight excluding hydrogens is 320 g/mol. The van der Waals surface area contributed by atoms with Gasteiger partial charge in [-0.25, -0.2) is 8.42 Å². The highest BCUT2D eigenvalue weighted by molar-refractivity contribution is 7.92. The Morgan fingerprint density at radius 3 is 2.61 bits per heavy atom. The van der Waals surface area contributed by atoms with E-state index in [1.54, 1.807) is 18.2 Å². The van der Waals surface area contributed by atoms with Gasteiger partial charge in [-0.05, 0) is 25.5 Å². The van der Waals surface area contributed by atoms with Gasteiger partial charge in [-0.3, -0.25) is 9.10 Å². The Bertz CT molecular complexity index is 660. The minimum Gasteiger partial charge on any atom is -0.486 e. The zero-order valence-corrected chi connectivity index (χ0v) is 14.2. The van der Waals surface area contributed by atoms with Gasteiger partial charge in [-0.15, -0.1) is 0 Å². The number of carbonyl (C=O) groups is 1. The average molecular weight is 342 g/mol. The molecule has 1 amide bonds. The van der Waals surface area contributed by atoms with Crippen molar-refractivity contribution in [1.82, 2.24) is 5.32 Å². The topological polar surface area (TPSA) is 84.9 Å². The summed E-state index contributed by atoms with van der Waals surface area (Å²) in [4.78, 5) is 11.5. The Morgan fingerprint density at radius 2 is 1.96 bits per heavy atom. The van der Waals surface area contributed by atoms with Gasteiger partial charge in [0.05, 0.1) is 11.9 Å². The first kappa shape index (κ1) is 17.4. The number of nitrogens with one attached hydrogen (secondary N) is 1. The second-order valence-electron chi connectivity index (χ2n) is 5.22. The molecule has 23 heavy (non-hydrogen) atoms. The van der Waals surface area contributed by atoms with Crippen LogP contribution in [0.4, 0.5) is 5.69 Å². The van der Waals surface area contributed by atoms with Gasteiger partial charge < -0.3 is 14.8 Å². The Labute approximate surface area is 136 Å². The lowest BCUT2D eigenvalue weighted by Gasteiger charge is -2.25. The van der Waals surface area contributed by atoms with E-state index in [2.05, 4.69) is 5.32 Å². The van der Waals surface area contributed by atoms with E-state index in [-0.39, 0.29) is 18.9 Å². The SMILES string of the molecule is CCNC(=O)CCCN(c1ccc2c(c1)OCCO2)S(C)(=O)=O.